The minimum Gasteiger partial charge on any atom is -0.822 e. The Kier molecular flexibility index (Phi) is 24.9. The van der Waals surface area contributed by atoms with E-state index in [1.54, 1.807) is 0 Å². The summed E-state index contributed by atoms with van der Waals surface area (Å²) < 4.78 is 8.55. The van der Waals surface area contributed by atoms with Crippen LogP contribution in [-0.2, 0) is 4.57 Å². The fourth-order valence-corrected chi connectivity index (χ4v) is 0. The Bertz CT molecular complexity index is 122. The third-order valence-electron chi connectivity index (χ3n) is 0. The van der Waals surface area contributed by atoms with Crippen molar-refractivity contribution < 1.29 is 24.0 Å². The number of primary amides is 2. The summed E-state index contributed by atoms with van der Waals surface area (Å²) in [6.45, 7) is 0. The number of phosphoric acid groups is 1. The summed E-state index contributed by atoms with van der Waals surface area (Å²) in [5, 5.41) is 0. The third-order valence-corrected chi connectivity index (χ3v) is 0. The van der Waals surface area contributed by atoms with Gasteiger partial charge < -0.3 is 30.7 Å². The van der Waals surface area contributed by atoms with Gasteiger partial charge in [0.25, 0.3) is 0 Å². The van der Waals surface area contributed by atoms with Gasteiger partial charge in [-0.25, -0.2) is 4.79 Å². The monoisotopic (exact) mass is 235 g/mol. The van der Waals surface area contributed by atoms with Crippen molar-refractivity contribution in [2.45, 2.75) is 0 Å². The molecule has 7 nitrogen and oxygen atoms in total. The number of hydrogen-bond donors (Lipinski definition) is 2. The van der Waals surface area contributed by atoms with Crippen LogP contribution in [0.1, 0.15) is 0 Å². The van der Waals surface area contributed by atoms with E-state index in [2.05, 4.69) is 11.5 Å². The van der Waals surface area contributed by atoms with Crippen molar-refractivity contribution in [3.8, 4) is 0 Å². The van der Waals surface area contributed by atoms with Gasteiger partial charge in [-0.05, 0) is 0 Å². The molecule has 0 aliphatic rings. The molecule has 0 aromatic carbocycles. The maximum atomic E-state index is 9.00. The fraction of sp³-hybridized carbons (Fsp3) is 0. The molecule has 0 aliphatic heterocycles. The van der Waals surface area contributed by atoms with E-state index < -0.39 is 13.9 Å². The van der Waals surface area contributed by atoms with Gasteiger partial charge in [-0.15, -0.1) is 0 Å². The van der Waals surface area contributed by atoms with Gasteiger partial charge in [0.2, 0.25) is 0 Å². The van der Waals surface area contributed by atoms with E-state index in [9.17, 15) is 0 Å². The van der Waals surface area contributed by atoms with Crippen molar-refractivity contribution in [3.05, 3.63) is 0 Å². The molecule has 0 fully saturated rings. The molecule has 10 heteroatoms. The maximum Gasteiger partial charge on any atom is 2.00 e. The SMILES string of the molecule is NC(N)=O.O=P([O-])([O-])[O-].[Ca+2].[Ca+2]. The Morgan fingerprint density at radius 2 is 1.09 bits per heavy atom. The van der Waals surface area contributed by atoms with Crippen LogP contribution in [0.4, 0.5) is 4.79 Å². The van der Waals surface area contributed by atoms with Gasteiger partial charge in [-0.2, -0.15) is 7.82 Å². The van der Waals surface area contributed by atoms with Gasteiger partial charge in [0.15, 0.2) is 0 Å². The molecule has 0 aromatic heterocycles. The quantitative estimate of drug-likeness (QED) is 0.319. The molecule has 0 heterocycles. The predicted octanol–water partition coefficient (Wildman–Crippen LogP) is -4.56. The maximum absolute atomic E-state index is 9.00. The summed E-state index contributed by atoms with van der Waals surface area (Å²) >= 11 is 0. The minimum absolute atomic E-state index is 0. The van der Waals surface area contributed by atoms with Crippen LogP contribution in [0.25, 0.3) is 0 Å². The number of carbonyl (C=O) groups is 1. The van der Waals surface area contributed by atoms with E-state index in [1.807, 2.05) is 0 Å². The molecule has 11 heavy (non-hydrogen) atoms. The van der Waals surface area contributed by atoms with Crippen molar-refractivity contribution in [3.63, 3.8) is 0 Å². The molecule has 0 aromatic rings. The van der Waals surface area contributed by atoms with Crippen LogP contribution in [0.15, 0.2) is 0 Å². The van der Waals surface area contributed by atoms with E-state index in [0.717, 1.165) is 0 Å². The average Bonchev–Trinajstić information content (AvgIpc) is 1.19. The summed E-state index contributed by atoms with van der Waals surface area (Å²) in [5.74, 6) is 0. The van der Waals surface area contributed by atoms with E-state index >= 15 is 0 Å². The largest absolute Gasteiger partial charge is 2.00 e. The number of nitrogens with two attached hydrogens (primary N) is 2. The first-order chi connectivity index (χ1) is 3.73. The van der Waals surface area contributed by atoms with Gasteiger partial charge >= 0.3 is 81.5 Å². The molecule has 0 saturated carbocycles. The molecule has 2 amide bonds. The van der Waals surface area contributed by atoms with Crippen LogP contribution in [0.2, 0.25) is 0 Å². The van der Waals surface area contributed by atoms with Gasteiger partial charge in [0, 0.05) is 0 Å². The van der Waals surface area contributed by atoms with Crippen LogP contribution in [0, 0.1) is 0 Å². The van der Waals surface area contributed by atoms with Crippen LogP contribution in [0.3, 0.4) is 0 Å². The second-order valence-electron chi connectivity index (χ2n) is 0.850. The zero-order valence-corrected chi connectivity index (χ0v) is 10.9. The molecule has 0 bridgehead atoms. The first-order valence-electron chi connectivity index (χ1n) is 1.51. The Morgan fingerprint density at radius 3 is 1.09 bits per heavy atom. The summed E-state index contributed by atoms with van der Waals surface area (Å²) in [6, 6.07) is -0.833. The normalized spacial score (nSPS) is 7.55. The van der Waals surface area contributed by atoms with E-state index in [4.69, 9.17) is 24.0 Å². The van der Waals surface area contributed by atoms with Crippen molar-refractivity contribution >= 4 is 89.3 Å². The minimum atomic E-state index is -5.39. The van der Waals surface area contributed by atoms with Crippen LogP contribution >= 0.6 is 7.82 Å². The second kappa shape index (κ2) is 11.9. The number of amides is 2. The molecule has 0 atom stereocenters. The molecule has 0 rings (SSSR count). The Labute approximate surface area is 123 Å². The van der Waals surface area contributed by atoms with Crippen molar-refractivity contribution in [2.24, 2.45) is 11.5 Å². The van der Waals surface area contributed by atoms with E-state index in [0.29, 0.717) is 0 Å². The second-order valence-corrected chi connectivity index (χ2v) is 1.74. The van der Waals surface area contributed by atoms with E-state index in [-0.39, 0.29) is 75.5 Å². The molecule has 0 unspecified atom stereocenters. The molecule has 4 N–H and O–H groups in total. The number of urea groups is 1. The molecule has 0 aliphatic carbocycles. The van der Waals surface area contributed by atoms with Crippen LogP contribution in [0.5, 0.6) is 0 Å². The van der Waals surface area contributed by atoms with Gasteiger partial charge in [-0.1, -0.05) is 0 Å². The van der Waals surface area contributed by atoms with Gasteiger partial charge in [0.1, 0.15) is 0 Å². The summed E-state index contributed by atoms with van der Waals surface area (Å²) in [7, 11) is -5.39. The van der Waals surface area contributed by atoms with Gasteiger partial charge in [0.05, 0.1) is 0 Å². The zero-order chi connectivity index (χ0) is 8.08. The number of hydrogen-bond acceptors (Lipinski definition) is 5. The smallest absolute Gasteiger partial charge is 0.822 e. The van der Waals surface area contributed by atoms with Gasteiger partial charge in [-0.3, -0.25) is 0 Å². The first-order valence-corrected chi connectivity index (χ1v) is 2.97. The Hall–Kier alpha value is 1.90. The van der Waals surface area contributed by atoms with E-state index in [1.165, 1.54) is 0 Å². The fourth-order valence-electron chi connectivity index (χ4n) is 0. The average molecular weight is 235 g/mol. The molecule has 56 valence electrons. The Balaban J connectivity index is -0.0000000383. The molecule has 0 spiro atoms. The predicted molar refractivity (Wildman–Crippen MR) is 32.9 cm³/mol. The Morgan fingerprint density at radius 1 is 1.09 bits per heavy atom. The standard InChI is InChI=1S/CH4N2O.2Ca.H3O4P/c2-1(3)4;;;1-5(2,3)4/h(H4,2,3,4);;;(H3,1,2,3,4)/q;2*+2;/p-3. The third kappa shape index (κ3) is 323. The van der Waals surface area contributed by atoms with Crippen molar-refractivity contribution in [2.75, 3.05) is 0 Å². The number of rotatable bonds is 0. The van der Waals surface area contributed by atoms with Crippen molar-refractivity contribution in [1.29, 1.82) is 0 Å². The number of carbonyl (C=O) groups excluding carboxylic acids is 1. The van der Waals surface area contributed by atoms with Crippen LogP contribution < -0.4 is 26.1 Å². The van der Waals surface area contributed by atoms with Crippen LogP contribution in [-0.4, -0.2) is 81.5 Å². The van der Waals surface area contributed by atoms with Crippen molar-refractivity contribution in [1.82, 2.24) is 0 Å². The summed E-state index contributed by atoms with van der Waals surface area (Å²) in [5.41, 5.74) is 8.50. The molecular weight excluding hydrogens is 231 g/mol. The molecule has 0 saturated heterocycles. The summed E-state index contributed by atoms with van der Waals surface area (Å²) in [6.07, 6.45) is 0. The molecule has 0 radical (unpaired) electrons. The topological polar surface area (TPSA) is 155 Å². The summed E-state index contributed by atoms with van der Waals surface area (Å²) in [4.78, 5) is 34.6. The zero-order valence-electron chi connectivity index (χ0n) is 5.56. The molecular formula is CH4Ca2N2O5P+. The first kappa shape index (κ1) is 23.1.